The van der Waals surface area contributed by atoms with Crippen molar-refractivity contribution < 1.29 is 0 Å². The van der Waals surface area contributed by atoms with Crippen molar-refractivity contribution in [2.45, 2.75) is 26.3 Å². The molecule has 0 aliphatic carbocycles. The van der Waals surface area contributed by atoms with Gasteiger partial charge in [0, 0.05) is 0 Å². The van der Waals surface area contributed by atoms with E-state index in [1.165, 1.54) is 18.4 Å². The van der Waals surface area contributed by atoms with E-state index in [2.05, 4.69) is 37.7 Å². The van der Waals surface area contributed by atoms with E-state index in [1.807, 2.05) is 0 Å². The first-order valence-electron chi connectivity index (χ1n) is 4.44. The maximum atomic E-state index is 2.33. The maximum absolute atomic E-state index is 2.33. The van der Waals surface area contributed by atoms with Crippen molar-refractivity contribution in [3.8, 4) is 0 Å². The van der Waals surface area contributed by atoms with Crippen LogP contribution in [0.15, 0.2) is 24.3 Å². The van der Waals surface area contributed by atoms with Gasteiger partial charge in [0.25, 0.3) is 0 Å². The van der Waals surface area contributed by atoms with E-state index in [4.69, 9.17) is 0 Å². The van der Waals surface area contributed by atoms with Gasteiger partial charge in [-0.1, -0.05) is 49.3 Å². The summed E-state index contributed by atoms with van der Waals surface area (Å²) >= 11 is 0. The predicted molar refractivity (Wildman–Crippen MR) is 54.5 cm³/mol. The molecule has 0 amide bonds. The van der Waals surface area contributed by atoms with Crippen LogP contribution in [0.1, 0.15) is 18.9 Å². The fourth-order valence-corrected chi connectivity index (χ4v) is 1.94. The summed E-state index contributed by atoms with van der Waals surface area (Å²) in [6, 6.07) is 9.12. The number of hydrogen-bond donors (Lipinski definition) is 0. The Morgan fingerprint density at radius 1 is 1.18 bits per heavy atom. The molecule has 11 heavy (non-hydrogen) atoms. The highest BCUT2D eigenvalue weighted by molar-refractivity contribution is 6.51. The lowest BCUT2D eigenvalue weighted by molar-refractivity contribution is 0.922. The van der Waals surface area contributed by atoms with E-state index in [0.29, 0.717) is 0 Å². The molecule has 1 heteroatoms. The molecular formula is C10H16Si. The zero-order chi connectivity index (χ0) is 8.10. The molecule has 0 bridgehead atoms. The minimum Gasteiger partial charge on any atom is -0.0708 e. The second kappa shape index (κ2) is 4.34. The highest BCUT2D eigenvalue weighted by Crippen LogP contribution is 1.99. The molecule has 1 aromatic rings. The molecule has 0 aliphatic heterocycles. The van der Waals surface area contributed by atoms with Crippen LogP contribution in [0.3, 0.4) is 0 Å². The molecule has 1 rings (SSSR count). The quantitative estimate of drug-likeness (QED) is 0.594. The van der Waals surface area contributed by atoms with Gasteiger partial charge in [-0.3, -0.25) is 0 Å². The van der Waals surface area contributed by atoms with E-state index in [1.54, 1.807) is 5.19 Å². The standard InChI is InChI=1S/C10H16Si/c1-3-4-9-5-7-10(11-2)8-6-9/h5-8H,3-4,11H2,1-2H3. The summed E-state index contributed by atoms with van der Waals surface area (Å²) < 4.78 is 0. The largest absolute Gasteiger partial charge is 0.0708 e. The molecular weight excluding hydrogens is 148 g/mol. The third-order valence-electron chi connectivity index (χ3n) is 1.97. The minimum absolute atomic E-state index is 0.0613. The van der Waals surface area contributed by atoms with Crippen LogP contribution in [0.25, 0.3) is 0 Å². The number of hydrogen-bond acceptors (Lipinski definition) is 0. The van der Waals surface area contributed by atoms with Crippen molar-refractivity contribution in [2.24, 2.45) is 0 Å². The Morgan fingerprint density at radius 3 is 2.27 bits per heavy atom. The molecule has 0 nitrogen and oxygen atoms in total. The molecule has 0 N–H and O–H groups in total. The normalized spacial score (nSPS) is 11.1. The minimum atomic E-state index is 0.0613. The lowest BCUT2D eigenvalue weighted by Gasteiger charge is -1.99. The summed E-state index contributed by atoms with van der Waals surface area (Å²) in [4.78, 5) is 0. The Morgan fingerprint density at radius 2 is 1.82 bits per heavy atom. The van der Waals surface area contributed by atoms with E-state index in [-0.39, 0.29) is 9.52 Å². The Labute approximate surface area is 71.5 Å². The predicted octanol–water partition coefficient (Wildman–Crippen LogP) is 1.48. The molecule has 0 atom stereocenters. The molecule has 60 valence electrons. The van der Waals surface area contributed by atoms with Gasteiger partial charge in [-0.15, -0.1) is 0 Å². The van der Waals surface area contributed by atoms with Gasteiger partial charge < -0.3 is 0 Å². The van der Waals surface area contributed by atoms with Gasteiger partial charge in [0.1, 0.15) is 0 Å². The highest BCUT2D eigenvalue weighted by atomic mass is 28.2. The zero-order valence-electron chi connectivity index (χ0n) is 7.43. The monoisotopic (exact) mass is 164 g/mol. The molecule has 0 unspecified atom stereocenters. The summed E-state index contributed by atoms with van der Waals surface area (Å²) in [5, 5.41) is 1.57. The summed E-state index contributed by atoms with van der Waals surface area (Å²) in [6.07, 6.45) is 2.48. The van der Waals surface area contributed by atoms with Gasteiger partial charge in [-0.05, 0) is 12.0 Å². The number of rotatable bonds is 3. The fourth-order valence-electron chi connectivity index (χ4n) is 1.23. The van der Waals surface area contributed by atoms with Crippen LogP contribution < -0.4 is 5.19 Å². The lowest BCUT2D eigenvalue weighted by Crippen LogP contribution is -2.09. The Hall–Kier alpha value is -0.563. The van der Waals surface area contributed by atoms with Gasteiger partial charge in [0.2, 0.25) is 0 Å². The Balaban J connectivity index is 2.66. The summed E-state index contributed by atoms with van der Waals surface area (Å²) in [7, 11) is 0.0613. The van der Waals surface area contributed by atoms with Crippen molar-refractivity contribution in [3.05, 3.63) is 29.8 Å². The molecule has 0 aromatic heterocycles. The van der Waals surface area contributed by atoms with Crippen molar-refractivity contribution >= 4 is 14.7 Å². The lowest BCUT2D eigenvalue weighted by atomic mass is 10.1. The molecule has 0 heterocycles. The molecule has 0 saturated heterocycles. The average Bonchev–Trinajstić information content (AvgIpc) is 2.07. The fraction of sp³-hybridized carbons (Fsp3) is 0.400. The average molecular weight is 164 g/mol. The second-order valence-corrected chi connectivity index (χ2v) is 4.44. The Kier molecular flexibility index (Phi) is 3.37. The van der Waals surface area contributed by atoms with Crippen LogP contribution in [0, 0.1) is 0 Å². The zero-order valence-corrected chi connectivity index (χ0v) is 8.84. The van der Waals surface area contributed by atoms with Crippen LogP contribution in [0.4, 0.5) is 0 Å². The summed E-state index contributed by atoms with van der Waals surface area (Å²) in [5.41, 5.74) is 1.48. The Bertz CT molecular complexity index is 201. The van der Waals surface area contributed by atoms with Gasteiger partial charge in [-0.2, -0.15) is 0 Å². The highest BCUT2D eigenvalue weighted by Gasteiger charge is 1.90. The van der Waals surface area contributed by atoms with Crippen LogP contribution in [-0.2, 0) is 6.42 Å². The van der Waals surface area contributed by atoms with E-state index < -0.39 is 0 Å². The number of aryl methyl sites for hydroxylation is 1. The molecule has 0 aliphatic rings. The smallest absolute Gasteiger partial charge is 0.0517 e. The van der Waals surface area contributed by atoms with Crippen molar-refractivity contribution in [2.75, 3.05) is 0 Å². The van der Waals surface area contributed by atoms with Crippen LogP contribution in [-0.4, -0.2) is 9.52 Å². The van der Waals surface area contributed by atoms with Crippen LogP contribution >= 0.6 is 0 Å². The molecule has 0 saturated carbocycles. The van der Waals surface area contributed by atoms with Gasteiger partial charge >= 0.3 is 0 Å². The van der Waals surface area contributed by atoms with Crippen molar-refractivity contribution in [1.29, 1.82) is 0 Å². The first-order valence-corrected chi connectivity index (χ1v) is 6.56. The number of benzene rings is 1. The molecule has 0 fully saturated rings. The molecule has 0 radical (unpaired) electrons. The summed E-state index contributed by atoms with van der Waals surface area (Å²) in [5.74, 6) is 0. The van der Waals surface area contributed by atoms with Crippen molar-refractivity contribution in [1.82, 2.24) is 0 Å². The second-order valence-electron chi connectivity index (χ2n) is 2.92. The maximum Gasteiger partial charge on any atom is 0.0517 e. The third-order valence-corrected chi connectivity index (χ3v) is 3.26. The van der Waals surface area contributed by atoms with Gasteiger partial charge in [-0.25, -0.2) is 0 Å². The van der Waals surface area contributed by atoms with Crippen molar-refractivity contribution in [3.63, 3.8) is 0 Å². The van der Waals surface area contributed by atoms with E-state index in [0.717, 1.165) is 0 Å². The van der Waals surface area contributed by atoms with Gasteiger partial charge in [0.05, 0.1) is 9.52 Å². The van der Waals surface area contributed by atoms with Crippen LogP contribution in [0.5, 0.6) is 0 Å². The molecule has 0 spiro atoms. The summed E-state index contributed by atoms with van der Waals surface area (Å²) in [6.45, 7) is 4.55. The SMILES string of the molecule is CCCc1ccc([SiH2]C)cc1. The molecule has 1 aromatic carbocycles. The topological polar surface area (TPSA) is 0 Å². The van der Waals surface area contributed by atoms with E-state index in [9.17, 15) is 0 Å². The first-order chi connectivity index (χ1) is 5.36. The third kappa shape index (κ3) is 2.50. The van der Waals surface area contributed by atoms with Crippen LogP contribution in [0.2, 0.25) is 6.55 Å². The van der Waals surface area contributed by atoms with E-state index >= 15 is 0 Å². The van der Waals surface area contributed by atoms with Gasteiger partial charge in [0.15, 0.2) is 0 Å². The first kappa shape index (κ1) is 8.53.